The number of H-pyrrole nitrogens is 1. The number of carbonyl (C=O) groups is 1. The summed E-state index contributed by atoms with van der Waals surface area (Å²) in [4.78, 5) is 48.5. The van der Waals surface area contributed by atoms with E-state index in [-0.39, 0.29) is 53.3 Å². The summed E-state index contributed by atoms with van der Waals surface area (Å²) in [5, 5.41) is 14.8. The van der Waals surface area contributed by atoms with Crippen molar-refractivity contribution in [3.05, 3.63) is 139 Å². The van der Waals surface area contributed by atoms with Gasteiger partial charge in [0.2, 0.25) is 0 Å². The molecule has 8 heterocycles. The number of carbonyl (C=O) groups excluding carboxylic acids is 1. The molecule has 5 aromatic heterocycles. The topological polar surface area (TPSA) is 165 Å². The lowest BCUT2D eigenvalue weighted by atomic mass is 9.81. The molecular formula is C51H52F2N10O6. The zero-order valence-electron chi connectivity index (χ0n) is 39.5. The summed E-state index contributed by atoms with van der Waals surface area (Å²) in [6.07, 6.45) is 7.59. The van der Waals surface area contributed by atoms with E-state index in [9.17, 15) is 9.59 Å². The van der Waals surface area contributed by atoms with Crippen LogP contribution in [-0.2, 0) is 28.5 Å². The fourth-order valence-electron chi connectivity index (χ4n) is 12.1. The van der Waals surface area contributed by atoms with E-state index in [1.165, 1.54) is 21.5 Å². The third-order valence-corrected chi connectivity index (χ3v) is 15.6. The molecule has 1 N–H and O–H groups in total. The van der Waals surface area contributed by atoms with Crippen LogP contribution in [0.5, 0.6) is 0 Å². The van der Waals surface area contributed by atoms with E-state index in [1.54, 1.807) is 60.7 Å². The Hall–Kier alpha value is -6.92. The molecule has 16 nitrogen and oxygen atoms in total. The molecule has 1 unspecified atom stereocenters. The summed E-state index contributed by atoms with van der Waals surface area (Å²) in [6.45, 7) is 12.9. The van der Waals surface area contributed by atoms with Crippen LogP contribution in [0, 0.1) is 31.4 Å². The monoisotopic (exact) mass is 938 g/mol. The first-order valence-corrected chi connectivity index (χ1v) is 23.6. The van der Waals surface area contributed by atoms with Crippen molar-refractivity contribution >= 4 is 27.7 Å². The molecule has 3 fully saturated rings. The number of aromatic amines is 1. The number of aryl methyl sites for hydroxylation is 3. The van der Waals surface area contributed by atoms with Gasteiger partial charge in [0.25, 0.3) is 5.91 Å². The predicted molar refractivity (Wildman–Crippen MR) is 251 cm³/mol. The normalized spacial score (nSPS) is 24.2. The highest BCUT2D eigenvalue weighted by atomic mass is 19.1. The Morgan fingerprint density at radius 3 is 2.38 bits per heavy atom. The van der Waals surface area contributed by atoms with Gasteiger partial charge in [-0.25, -0.2) is 23.1 Å². The molecule has 5 atom stereocenters. The molecule has 18 heteroatoms. The standard InChI is InChI=1S/C51H52F2N10O6/c1-27-18-34(19-28(2)42(27)52)63-44(60-15-14-59(48(60)66)39-11-10-38-35(43(39)53)25-54-58(38)7)41-30(4)61(50(13-17-67-26-50)24-36(41)56-63)45(64)40-21-33-20-31(32-12-16-68-49(5,6)23-32)8-9-37(33)62(40)51(22-29(51)3)46-55-47(65)69-57-46/h8-11,14-15,18-21,25,29-30,32H,12-13,16-17,22-24,26H2,1-7H3,(H,55,57,65)/t29-,30-,32-,50?,51-/m0/s1. The Kier molecular flexibility index (Phi) is 9.45. The van der Waals surface area contributed by atoms with Gasteiger partial charge in [0.1, 0.15) is 22.9 Å². The number of nitrogens with one attached hydrogen (secondary N) is 1. The Morgan fingerprint density at radius 1 is 0.928 bits per heavy atom. The molecule has 0 bridgehead atoms. The number of fused-ring (bicyclic) bond motifs is 3. The largest absolute Gasteiger partial charge is 0.438 e. The zero-order chi connectivity index (χ0) is 48.1. The molecule has 2 saturated heterocycles. The van der Waals surface area contributed by atoms with Gasteiger partial charge in [-0.15, -0.1) is 0 Å². The maximum Gasteiger partial charge on any atom is 0.438 e. The minimum absolute atomic E-state index is 0.0300. The van der Waals surface area contributed by atoms with E-state index in [4.69, 9.17) is 19.1 Å². The van der Waals surface area contributed by atoms with Crippen LogP contribution in [0.4, 0.5) is 8.78 Å². The van der Waals surface area contributed by atoms with E-state index in [0.717, 1.165) is 29.3 Å². The van der Waals surface area contributed by atoms with Crippen LogP contribution in [0.15, 0.2) is 81.2 Å². The van der Waals surface area contributed by atoms with Crippen molar-refractivity contribution in [2.75, 3.05) is 19.8 Å². The third kappa shape index (κ3) is 6.36. The van der Waals surface area contributed by atoms with Crippen molar-refractivity contribution in [3.8, 4) is 17.2 Å². The van der Waals surface area contributed by atoms with Gasteiger partial charge in [0.05, 0.1) is 58.0 Å². The van der Waals surface area contributed by atoms with Crippen LogP contribution in [0.3, 0.4) is 0 Å². The average molecular weight is 939 g/mol. The number of halogens is 2. The highest BCUT2D eigenvalue weighted by molar-refractivity contribution is 6.00. The number of ether oxygens (including phenoxy) is 2. The summed E-state index contributed by atoms with van der Waals surface area (Å²) in [5.74, 6) is -1.04. The zero-order valence-corrected chi connectivity index (χ0v) is 39.5. The molecule has 3 aromatic carbocycles. The molecule has 1 amide bonds. The van der Waals surface area contributed by atoms with Crippen molar-refractivity contribution in [1.82, 2.24) is 48.3 Å². The summed E-state index contributed by atoms with van der Waals surface area (Å²) in [5.41, 5.74) is 2.87. The van der Waals surface area contributed by atoms with Gasteiger partial charge in [-0.2, -0.15) is 10.2 Å². The smallest absolute Gasteiger partial charge is 0.379 e. The highest BCUT2D eigenvalue weighted by Gasteiger charge is 2.60. The third-order valence-electron chi connectivity index (χ3n) is 15.6. The van der Waals surface area contributed by atoms with Gasteiger partial charge < -0.3 is 18.9 Å². The molecule has 356 valence electrons. The van der Waals surface area contributed by atoms with Gasteiger partial charge in [0.15, 0.2) is 11.6 Å². The fourth-order valence-corrected chi connectivity index (χ4v) is 12.1. The van der Waals surface area contributed by atoms with E-state index < -0.39 is 34.4 Å². The molecule has 1 spiro atoms. The lowest BCUT2D eigenvalue weighted by Gasteiger charge is -2.47. The van der Waals surface area contributed by atoms with Crippen molar-refractivity contribution in [3.63, 3.8) is 0 Å². The lowest BCUT2D eigenvalue weighted by molar-refractivity contribution is -0.0592. The summed E-state index contributed by atoms with van der Waals surface area (Å²) < 4.78 is 56.9. The highest BCUT2D eigenvalue weighted by Crippen LogP contribution is 2.57. The van der Waals surface area contributed by atoms with Crippen LogP contribution in [0.2, 0.25) is 0 Å². The van der Waals surface area contributed by atoms with Crippen LogP contribution in [0.1, 0.15) is 110 Å². The maximum absolute atomic E-state index is 16.3. The second-order valence-corrected chi connectivity index (χ2v) is 20.4. The Balaban J connectivity index is 1.05. The minimum Gasteiger partial charge on any atom is -0.379 e. The number of aromatic nitrogens is 9. The van der Waals surface area contributed by atoms with Gasteiger partial charge in [0, 0.05) is 55.5 Å². The Labute approximate surface area is 394 Å². The number of benzene rings is 3. The molecule has 0 radical (unpaired) electrons. The fraction of sp³-hybridized carbons (Fsp3) is 0.412. The summed E-state index contributed by atoms with van der Waals surface area (Å²) in [7, 11) is 1.72. The molecule has 4 aliphatic rings. The first kappa shape index (κ1) is 43.4. The van der Waals surface area contributed by atoms with Gasteiger partial charge in [-0.3, -0.25) is 28.1 Å². The van der Waals surface area contributed by atoms with Crippen LogP contribution in [-0.4, -0.2) is 85.2 Å². The number of hydrogen-bond donors (Lipinski definition) is 1. The predicted octanol–water partition coefficient (Wildman–Crippen LogP) is 7.60. The van der Waals surface area contributed by atoms with E-state index in [0.29, 0.717) is 77.0 Å². The van der Waals surface area contributed by atoms with Crippen molar-refractivity contribution < 1.29 is 27.6 Å². The number of nitrogens with zero attached hydrogens (tertiary/aromatic N) is 9. The van der Waals surface area contributed by atoms with Crippen LogP contribution >= 0.6 is 0 Å². The number of imidazole rings is 1. The van der Waals surface area contributed by atoms with E-state index >= 15 is 13.6 Å². The molecule has 1 saturated carbocycles. The lowest BCUT2D eigenvalue weighted by Crippen LogP contribution is -2.58. The average Bonchev–Trinajstić information content (AvgIpc) is 4.06. The molecular weight excluding hydrogens is 887 g/mol. The second-order valence-electron chi connectivity index (χ2n) is 20.4. The van der Waals surface area contributed by atoms with Crippen molar-refractivity contribution in [1.29, 1.82) is 0 Å². The van der Waals surface area contributed by atoms with Crippen LogP contribution < -0.4 is 11.4 Å². The Bertz CT molecular complexity index is 3540. The molecule has 3 aliphatic heterocycles. The van der Waals surface area contributed by atoms with Crippen molar-refractivity contribution in [2.45, 2.75) is 102 Å². The molecule has 69 heavy (non-hydrogen) atoms. The summed E-state index contributed by atoms with van der Waals surface area (Å²) >= 11 is 0. The number of amides is 1. The van der Waals surface area contributed by atoms with Gasteiger partial charge in [-0.1, -0.05) is 18.1 Å². The maximum atomic E-state index is 16.3. The first-order valence-electron chi connectivity index (χ1n) is 23.6. The van der Waals surface area contributed by atoms with Crippen molar-refractivity contribution in [2.24, 2.45) is 13.0 Å². The summed E-state index contributed by atoms with van der Waals surface area (Å²) in [6, 6.07) is 14.2. The SMILES string of the molecule is Cc1cc(-n2nc3c(c2-n2ccn(-c4ccc5c(cnn5C)c4F)c2=O)[C@H](C)N(C(=O)c2cc4cc([C@H]5CCOC(C)(C)C5)ccc4n2[C@@]2(c4noc(=O)[nH]4)C[C@@H]2C)C2(CCOC2)C3)cc(C)c1F. The molecule has 8 aromatic rings. The number of rotatable bonds is 7. The Morgan fingerprint density at radius 2 is 1.68 bits per heavy atom. The minimum atomic E-state index is -0.900. The van der Waals surface area contributed by atoms with Gasteiger partial charge >= 0.3 is 11.4 Å². The van der Waals surface area contributed by atoms with Crippen LogP contribution in [0.25, 0.3) is 39.0 Å². The van der Waals surface area contributed by atoms with E-state index in [2.05, 4.69) is 54.2 Å². The quantitative estimate of drug-likeness (QED) is 0.169. The van der Waals surface area contributed by atoms with Gasteiger partial charge in [-0.05, 0) is 131 Å². The molecule has 1 aliphatic carbocycles. The van der Waals surface area contributed by atoms with E-state index in [1.807, 2.05) is 22.5 Å². The number of hydrogen-bond acceptors (Lipinski definition) is 9. The second kappa shape index (κ2) is 15.0. The first-order chi connectivity index (χ1) is 33.0. The molecule has 12 rings (SSSR count).